The number of nitriles is 1. The summed E-state index contributed by atoms with van der Waals surface area (Å²) in [6.07, 6.45) is 5.60. The first-order valence-electron chi connectivity index (χ1n) is 13.0. The van der Waals surface area contributed by atoms with Crippen LogP contribution in [-0.4, -0.2) is 50.6 Å². The highest BCUT2D eigenvalue weighted by molar-refractivity contribution is 6.74. The van der Waals surface area contributed by atoms with Gasteiger partial charge in [-0.15, -0.1) is 0 Å². The number of ether oxygens (including phenoxy) is 2. The van der Waals surface area contributed by atoms with Gasteiger partial charge in [0.1, 0.15) is 23.7 Å². The first-order chi connectivity index (χ1) is 17.4. The van der Waals surface area contributed by atoms with Gasteiger partial charge in [-0.25, -0.2) is 9.78 Å². The average Bonchev–Trinajstić information content (AvgIpc) is 3.24. The quantitative estimate of drug-likeness (QED) is 0.362. The van der Waals surface area contributed by atoms with Gasteiger partial charge in [0.25, 0.3) is 0 Å². The van der Waals surface area contributed by atoms with Crippen LogP contribution in [0, 0.1) is 18.3 Å². The maximum absolute atomic E-state index is 12.0. The number of anilines is 1. The van der Waals surface area contributed by atoms with Crippen molar-refractivity contribution in [3.05, 3.63) is 46.4 Å². The predicted octanol–water partition coefficient (Wildman–Crippen LogP) is 5.50. The number of methoxy groups -OCH3 is 1. The Bertz CT molecular complexity index is 1210. The van der Waals surface area contributed by atoms with E-state index in [9.17, 15) is 10.1 Å². The van der Waals surface area contributed by atoms with Crippen LogP contribution in [0.3, 0.4) is 0 Å². The van der Waals surface area contributed by atoms with Crippen molar-refractivity contribution >= 4 is 20.1 Å². The molecule has 0 saturated carbocycles. The van der Waals surface area contributed by atoms with Gasteiger partial charge in [-0.1, -0.05) is 20.8 Å². The molecular weight excluding hydrogens is 484 g/mol. The summed E-state index contributed by atoms with van der Waals surface area (Å²) in [7, 11) is -0.563. The maximum Gasteiger partial charge on any atom is 0.340 e. The lowest BCUT2D eigenvalue weighted by molar-refractivity contribution is 0.0599. The summed E-state index contributed by atoms with van der Waals surface area (Å²) in [4.78, 5) is 23.4. The molecule has 1 unspecified atom stereocenters. The zero-order valence-corrected chi connectivity index (χ0v) is 24.1. The minimum absolute atomic E-state index is 0.0767. The number of hydrogen-bond donors (Lipinski definition) is 0. The molecule has 0 bridgehead atoms. The second kappa shape index (κ2) is 10.4. The Morgan fingerprint density at radius 2 is 1.89 bits per heavy atom. The van der Waals surface area contributed by atoms with Crippen LogP contribution in [0.15, 0.2) is 18.3 Å². The molecular formula is C28H38N4O4Si. The van der Waals surface area contributed by atoms with Gasteiger partial charge in [0.2, 0.25) is 0 Å². The Morgan fingerprint density at radius 3 is 2.51 bits per heavy atom. The number of fused-ring (bicyclic) bond motifs is 1. The molecule has 8 nitrogen and oxygen atoms in total. The van der Waals surface area contributed by atoms with Crippen molar-refractivity contribution in [2.24, 2.45) is 0 Å². The van der Waals surface area contributed by atoms with Crippen LogP contribution in [0.4, 0.5) is 5.82 Å². The number of aryl methyl sites for hydroxylation is 2. The monoisotopic (exact) mass is 522 g/mol. The molecule has 2 aliphatic rings. The van der Waals surface area contributed by atoms with Gasteiger partial charge in [0, 0.05) is 25.9 Å². The fourth-order valence-corrected chi connectivity index (χ4v) is 6.07. The highest BCUT2D eigenvalue weighted by atomic mass is 28.4. The summed E-state index contributed by atoms with van der Waals surface area (Å²) in [6.45, 7) is 14.8. The highest BCUT2D eigenvalue weighted by Gasteiger charge is 2.41. The molecule has 0 radical (unpaired) electrons. The molecule has 1 atom stereocenters. The van der Waals surface area contributed by atoms with Crippen LogP contribution in [-0.2, 0) is 15.6 Å². The molecule has 1 fully saturated rings. The number of nitrogens with zero attached hydrogens (tertiary/aromatic N) is 4. The maximum atomic E-state index is 12.0. The number of esters is 1. The van der Waals surface area contributed by atoms with Crippen molar-refractivity contribution in [2.45, 2.75) is 83.7 Å². The van der Waals surface area contributed by atoms with Crippen LogP contribution in [0.2, 0.25) is 18.1 Å². The first-order valence-corrected chi connectivity index (χ1v) is 15.9. The predicted molar refractivity (Wildman–Crippen MR) is 144 cm³/mol. The van der Waals surface area contributed by atoms with Gasteiger partial charge < -0.3 is 18.8 Å². The van der Waals surface area contributed by atoms with Crippen LogP contribution < -0.4 is 9.64 Å². The van der Waals surface area contributed by atoms with Crippen molar-refractivity contribution in [3.8, 4) is 11.8 Å². The van der Waals surface area contributed by atoms with Gasteiger partial charge in [0.05, 0.1) is 30.7 Å². The number of carbonyl (C=O) groups excluding carboxylic acids is 1. The van der Waals surface area contributed by atoms with Gasteiger partial charge in [0.15, 0.2) is 14.0 Å². The first kappa shape index (κ1) is 27.1. The second-order valence-electron chi connectivity index (χ2n) is 11.6. The van der Waals surface area contributed by atoms with Crippen molar-refractivity contribution in [1.82, 2.24) is 9.97 Å². The van der Waals surface area contributed by atoms with E-state index in [0.29, 0.717) is 0 Å². The highest BCUT2D eigenvalue weighted by Crippen LogP contribution is 2.43. The molecule has 2 aromatic rings. The van der Waals surface area contributed by atoms with E-state index in [-0.39, 0.29) is 28.5 Å². The summed E-state index contributed by atoms with van der Waals surface area (Å²) in [5.74, 6) is 0.995. The minimum Gasteiger partial charge on any atom is -0.489 e. The molecule has 3 heterocycles. The summed E-state index contributed by atoms with van der Waals surface area (Å²) >= 11 is 0. The molecule has 0 N–H and O–H groups in total. The summed E-state index contributed by atoms with van der Waals surface area (Å²) in [5, 5.41) is 9.65. The zero-order valence-electron chi connectivity index (χ0n) is 23.1. The molecule has 37 heavy (non-hydrogen) atoms. The second-order valence-corrected chi connectivity index (χ2v) is 16.3. The lowest BCUT2D eigenvalue weighted by Crippen LogP contribution is -2.41. The molecule has 9 heteroatoms. The van der Waals surface area contributed by atoms with E-state index in [1.54, 1.807) is 6.07 Å². The van der Waals surface area contributed by atoms with Crippen molar-refractivity contribution in [2.75, 3.05) is 25.1 Å². The molecule has 1 saturated heterocycles. The summed E-state index contributed by atoms with van der Waals surface area (Å²) in [5.41, 5.74) is 3.43. The number of hydrogen-bond acceptors (Lipinski definition) is 8. The summed E-state index contributed by atoms with van der Waals surface area (Å²) in [6, 6.07) is 5.85. The normalized spacial score (nSPS) is 18.3. The Morgan fingerprint density at radius 1 is 1.19 bits per heavy atom. The standard InChI is InChI=1S/C28H38N4O4Si/c1-18-14-22(27(33)34-5)23(16-29)31-26(18)32-12-10-20(11-13-32)35-21-15-19-8-9-24(25(19)30-17-21)36-37(6,7)28(2,3)4/h14-15,17,20,24H,8-13H2,1-7H3. The number of rotatable bonds is 6. The zero-order chi connectivity index (χ0) is 27.0. The van der Waals surface area contributed by atoms with Crippen molar-refractivity contribution < 1.29 is 18.7 Å². The van der Waals surface area contributed by atoms with E-state index < -0.39 is 14.3 Å². The number of piperidine rings is 1. The molecule has 0 spiro atoms. The van der Waals surface area contributed by atoms with Gasteiger partial charge >= 0.3 is 5.97 Å². The van der Waals surface area contributed by atoms with Crippen LogP contribution >= 0.6 is 0 Å². The number of pyridine rings is 2. The lowest BCUT2D eigenvalue weighted by atomic mass is 10.1. The van der Waals surface area contributed by atoms with E-state index in [1.807, 2.05) is 19.2 Å². The largest absolute Gasteiger partial charge is 0.489 e. The average molecular weight is 523 g/mol. The molecule has 0 aromatic carbocycles. The Kier molecular flexibility index (Phi) is 7.63. The Hall–Kier alpha value is -2.96. The third kappa shape index (κ3) is 5.65. The van der Waals surface area contributed by atoms with Crippen LogP contribution in [0.1, 0.15) is 79.0 Å². The van der Waals surface area contributed by atoms with E-state index in [0.717, 1.165) is 61.6 Å². The number of aromatic nitrogens is 2. The molecule has 1 aliphatic carbocycles. The molecule has 1 aliphatic heterocycles. The topological polar surface area (TPSA) is 97.6 Å². The molecule has 4 rings (SSSR count). The fraction of sp³-hybridized carbons (Fsp3) is 0.571. The third-order valence-corrected chi connectivity index (χ3v) is 12.4. The smallest absolute Gasteiger partial charge is 0.340 e. The Labute approximate surface area is 221 Å². The van der Waals surface area contributed by atoms with E-state index in [1.165, 1.54) is 12.7 Å². The Balaban J connectivity index is 1.38. The van der Waals surface area contributed by atoms with Gasteiger partial charge in [-0.2, -0.15) is 5.26 Å². The molecule has 198 valence electrons. The van der Waals surface area contributed by atoms with E-state index in [2.05, 4.69) is 49.8 Å². The fourth-order valence-electron chi connectivity index (χ4n) is 4.78. The van der Waals surface area contributed by atoms with Crippen molar-refractivity contribution in [1.29, 1.82) is 5.26 Å². The SMILES string of the molecule is COC(=O)c1cc(C)c(N2CCC(Oc3cnc4c(c3)CCC4O[Si](C)(C)C(C)(C)C)CC2)nc1C#N. The van der Waals surface area contributed by atoms with Crippen molar-refractivity contribution in [3.63, 3.8) is 0 Å². The van der Waals surface area contributed by atoms with Gasteiger partial charge in [-0.3, -0.25) is 4.98 Å². The molecule has 0 amide bonds. The lowest BCUT2D eigenvalue weighted by Gasteiger charge is -2.38. The summed E-state index contributed by atoms with van der Waals surface area (Å²) < 4.78 is 17.8. The number of carbonyl (C=O) groups is 1. The van der Waals surface area contributed by atoms with Crippen LogP contribution in [0.5, 0.6) is 5.75 Å². The van der Waals surface area contributed by atoms with Crippen LogP contribution in [0.25, 0.3) is 0 Å². The van der Waals surface area contributed by atoms with E-state index >= 15 is 0 Å². The minimum atomic E-state index is -1.86. The van der Waals surface area contributed by atoms with Gasteiger partial charge in [-0.05, 0) is 61.2 Å². The van der Waals surface area contributed by atoms with E-state index in [4.69, 9.17) is 18.9 Å². The molecule has 2 aromatic heterocycles. The third-order valence-electron chi connectivity index (χ3n) is 7.94.